The minimum Gasteiger partial charge on any atom is -0.389 e. The SMILES string of the molecule is CC(C)N(Cc1cccs1)c1cc(Cl)ccc1C(N)=S. The molecule has 0 radical (unpaired) electrons. The number of thiophene rings is 1. The van der Waals surface area contributed by atoms with Gasteiger partial charge in [-0.1, -0.05) is 29.9 Å². The van der Waals surface area contributed by atoms with Crippen molar-refractivity contribution in [1.82, 2.24) is 0 Å². The maximum atomic E-state index is 6.14. The van der Waals surface area contributed by atoms with E-state index in [0.717, 1.165) is 17.8 Å². The molecule has 106 valence electrons. The third-order valence-electron chi connectivity index (χ3n) is 3.06. The Balaban J connectivity index is 2.43. The number of anilines is 1. The summed E-state index contributed by atoms with van der Waals surface area (Å²) in [6.07, 6.45) is 0. The van der Waals surface area contributed by atoms with E-state index in [1.165, 1.54) is 4.88 Å². The van der Waals surface area contributed by atoms with E-state index >= 15 is 0 Å². The number of nitrogens with zero attached hydrogens (tertiary/aromatic N) is 1. The summed E-state index contributed by atoms with van der Waals surface area (Å²) in [6, 6.07) is 10.2. The normalized spacial score (nSPS) is 10.8. The van der Waals surface area contributed by atoms with Gasteiger partial charge in [-0.3, -0.25) is 0 Å². The van der Waals surface area contributed by atoms with Gasteiger partial charge >= 0.3 is 0 Å². The molecule has 1 heterocycles. The zero-order valence-electron chi connectivity index (χ0n) is 11.5. The molecular formula is C15H17ClN2S2. The van der Waals surface area contributed by atoms with Crippen molar-refractivity contribution in [2.24, 2.45) is 5.73 Å². The maximum absolute atomic E-state index is 6.14. The van der Waals surface area contributed by atoms with Crippen LogP contribution < -0.4 is 10.6 Å². The van der Waals surface area contributed by atoms with Crippen LogP contribution in [0.5, 0.6) is 0 Å². The fourth-order valence-electron chi connectivity index (χ4n) is 2.07. The van der Waals surface area contributed by atoms with Gasteiger partial charge in [0.2, 0.25) is 0 Å². The molecule has 0 aliphatic rings. The van der Waals surface area contributed by atoms with E-state index in [0.29, 0.717) is 16.1 Å². The Bertz CT molecular complexity index is 594. The lowest BCUT2D eigenvalue weighted by atomic mass is 10.1. The van der Waals surface area contributed by atoms with E-state index in [-0.39, 0.29) is 0 Å². The molecule has 0 aliphatic carbocycles. The molecule has 0 amide bonds. The van der Waals surface area contributed by atoms with E-state index in [1.807, 2.05) is 18.2 Å². The van der Waals surface area contributed by atoms with E-state index in [1.54, 1.807) is 11.3 Å². The minimum atomic E-state index is 0.323. The number of hydrogen-bond donors (Lipinski definition) is 1. The average molecular weight is 325 g/mol. The van der Waals surface area contributed by atoms with Crippen LogP contribution in [-0.2, 0) is 6.54 Å². The molecule has 2 nitrogen and oxygen atoms in total. The second kappa shape index (κ2) is 6.57. The van der Waals surface area contributed by atoms with Gasteiger partial charge in [0.25, 0.3) is 0 Å². The van der Waals surface area contributed by atoms with Crippen molar-refractivity contribution in [3.63, 3.8) is 0 Å². The van der Waals surface area contributed by atoms with Crippen molar-refractivity contribution in [2.75, 3.05) is 4.90 Å². The first-order chi connectivity index (χ1) is 9.49. The molecule has 1 aromatic heterocycles. The average Bonchev–Trinajstić information content (AvgIpc) is 2.87. The number of benzene rings is 1. The lowest BCUT2D eigenvalue weighted by molar-refractivity contribution is 0.687. The summed E-state index contributed by atoms with van der Waals surface area (Å²) in [5.74, 6) is 0. The molecule has 2 aromatic rings. The molecule has 5 heteroatoms. The Morgan fingerprint density at radius 2 is 2.15 bits per heavy atom. The molecule has 20 heavy (non-hydrogen) atoms. The van der Waals surface area contributed by atoms with Crippen LogP contribution in [0.15, 0.2) is 35.7 Å². The van der Waals surface area contributed by atoms with Gasteiger partial charge in [-0.05, 0) is 43.5 Å². The highest BCUT2D eigenvalue weighted by Gasteiger charge is 2.17. The molecule has 1 aromatic carbocycles. The predicted octanol–water partition coefficient (Wildman–Crippen LogP) is 4.45. The number of rotatable bonds is 5. The zero-order chi connectivity index (χ0) is 14.7. The molecule has 2 rings (SSSR count). The molecule has 2 N–H and O–H groups in total. The Hall–Kier alpha value is -1.10. The fraction of sp³-hybridized carbons (Fsp3) is 0.267. The molecule has 0 saturated heterocycles. The first-order valence-corrected chi connectivity index (χ1v) is 8.04. The highest BCUT2D eigenvalue weighted by molar-refractivity contribution is 7.80. The summed E-state index contributed by atoms with van der Waals surface area (Å²) < 4.78 is 0. The van der Waals surface area contributed by atoms with E-state index in [4.69, 9.17) is 29.6 Å². The van der Waals surface area contributed by atoms with Gasteiger partial charge in [0.05, 0.1) is 6.54 Å². The summed E-state index contributed by atoms with van der Waals surface area (Å²) in [5.41, 5.74) is 7.70. The third kappa shape index (κ3) is 3.51. The van der Waals surface area contributed by atoms with Gasteiger partial charge in [0.1, 0.15) is 4.99 Å². The Morgan fingerprint density at radius 1 is 1.40 bits per heavy atom. The maximum Gasteiger partial charge on any atom is 0.106 e. The van der Waals surface area contributed by atoms with E-state index in [2.05, 4.69) is 36.3 Å². The van der Waals surface area contributed by atoms with Crippen molar-refractivity contribution in [3.05, 3.63) is 51.2 Å². The first-order valence-electron chi connectivity index (χ1n) is 6.37. The van der Waals surface area contributed by atoms with Crippen LogP contribution >= 0.6 is 35.2 Å². The Kier molecular flexibility index (Phi) is 5.02. The Morgan fingerprint density at radius 3 is 2.70 bits per heavy atom. The van der Waals surface area contributed by atoms with Crippen molar-refractivity contribution >= 4 is 45.8 Å². The molecular weight excluding hydrogens is 308 g/mol. The smallest absolute Gasteiger partial charge is 0.106 e. The van der Waals surface area contributed by atoms with E-state index in [9.17, 15) is 0 Å². The van der Waals surface area contributed by atoms with Gasteiger partial charge < -0.3 is 10.6 Å². The highest BCUT2D eigenvalue weighted by atomic mass is 35.5. The summed E-state index contributed by atoms with van der Waals surface area (Å²) >= 11 is 13.0. The fourth-order valence-corrected chi connectivity index (χ4v) is 3.11. The topological polar surface area (TPSA) is 29.3 Å². The lowest BCUT2D eigenvalue weighted by Crippen LogP contribution is -2.31. The standard InChI is InChI=1S/C15H17ClN2S2/c1-10(2)18(9-12-4-3-7-20-12)14-8-11(16)5-6-13(14)15(17)19/h3-8,10H,9H2,1-2H3,(H2,17,19). The van der Waals surface area contributed by atoms with Crippen LogP contribution in [0.4, 0.5) is 5.69 Å². The molecule has 0 aliphatic heterocycles. The molecule has 0 saturated carbocycles. The van der Waals surface area contributed by atoms with Crippen molar-refractivity contribution in [1.29, 1.82) is 0 Å². The number of nitrogens with two attached hydrogens (primary N) is 1. The third-order valence-corrected chi connectivity index (χ3v) is 4.38. The first kappa shape index (κ1) is 15.3. The monoisotopic (exact) mass is 324 g/mol. The zero-order valence-corrected chi connectivity index (χ0v) is 13.9. The molecule has 0 spiro atoms. The second-order valence-electron chi connectivity index (χ2n) is 4.83. The van der Waals surface area contributed by atoms with Crippen molar-refractivity contribution in [2.45, 2.75) is 26.4 Å². The van der Waals surface area contributed by atoms with Gasteiger partial charge in [-0.2, -0.15) is 0 Å². The van der Waals surface area contributed by atoms with Gasteiger partial charge in [-0.25, -0.2) is 0 Å². The van der Waals surface area contributed by atoms with Gasteiger partial charge in [-0.15, -0.1) is 11.3 Å². The van der Waals surface area contributed by atoms with Crippen LogP contribution in [0.2, 0.25) is 5.02 Å². The summed E-state index contributed by atoms with van der Waals surface area (Å²) in [7, 11) is 0. The van der Waals surface area contributed by atoms with Crippen LogP contribution in [0.25, 0.3) is 0 Å². The predicted molar refractivity (Wildman–Crippen MR) is 93.0 cm³/mol. The largest absolute Gasteiger partial charge is 0.389 e. The summed E-state index contributed by atoms with van der Waals surface area (Å²) in [5, 5.41) is 2.78. The molecule has 0 bridgehead atoms. The number of thiocarbonyl (C=S) groups is 1. The molecule has 0 fully saturated rings. The quantitative estimate of drug-likeness (QED) is 0.824. The number of halogens is 1. The summed E-state index contributed by atoms with van der Waals surface area (Å²) in [6.45, 7) is 5.13. The minimum absolute atomic E-state index is 0.323. The van der Waals surface area contributed by atoms with Gasteiger partial charge in [0.15, 0.2) is 0 Å². The van der Waals surface area contributed by atoms with Crippen LogP contribution in [0.1, 0.15) is 24.3 Å². The van der Waals surface area contributed by atoms with Crippen LogP contribution in [-0.4, -0.2) is 11.0 Å². The van der Waals surface area contributed by atoms with Crippen LogP contribution in [0, 0.1) is 0 Å². The van der Waals surface area contributed by atoms with Crippen molar-refractivity contribution in [3.8, 4) is 0 Å². The molecule has 0 atom stereocenters. The van der Waals surface area contributed by atoms with Gasteiger partial charge in [0, 0.05) is 27.2 Å². The van der Waals surface area contributed by atoms with E-state index < -0.39 is 0 Å². The van der Waals surface area contributed by atoms with Crippen LogP contribution in [0.3, 0.4) is 0 Å². The molecule has 0 unspecified atom stereocenters. The number of hydrogen-bond acceptors (Lipinski definition) is 3. The Labute approximate surface area is 134 Å². The lowest BCUT2D eigenvalue weighted by Gasteiger charge is -2.30. The second-order valence-corrected chi connectivity index (χ2v) is 6.74. The summed E-state index contributed by atoms with van der Waals surface area (Å²) in [4.78, 5) is 3.97. The highest BCUT2D eigenvalue weighted by Crippen LogP contribution is 2.29. The van der Waals surface area contributed by atoms with Crippen molar-refractivity contribution < 1.29 is 0 Å².